The van der Waals surface area contributed by atoms with E-state index in [2.05, 4.69) is 9.97 Å². The first-order chi connectivity index (χ1) is 20.1. The summed E-state index contributed by atoms with van der Waals surface area (Å²) >= 11 is 0. The minimum atomic E-state index is -4.79. The van der Waals surface area contributed by atoms with Crippen LogP contribution in [0.15, 0.2) is 60.7 Å². The normalized spacial score (nSPS) is 18.1. The third-order valence-corrected chi connectivity index (χ3v) is 7.58. The fraction of sp³-hybridized carbons (Fsp3) is 0.387. The van der Waals surface area contributed by atoms with Gasteiger partial charge in [0.15, 0.2) is 0 Å². The lowest BCUT2D eigenvalue weighted by Crippen LogP contribution is -2.32. The van der Waals surface area contributed by atoms with Gasteiger partial charge in [-0.3, -0.25) is 4.79 Å². The first-order valence-electron chi connectivity index (χ1n) is 13.9. The number of nitrogens with two attached hydrogens (primary N) is 2. The Morgan fingerprint density at radius 1 is 1.02 bits per heavy atom. The van der Waals surface area contributed by atoms with Crippen LogP contribution >= 0.6 is 12.4 Å². The van der Waals surface area contributed by atoms with E-state index in [4.69, 9.17) is 26.0 Å². The Morgan fingerprint density at radius 3 is 2.40 bits per heavy atom. The Labute approximate surface area is 253 Å². The van der Waals surface area contributed by atoms with E-state index >= 15 is 0 Å². The van der Waals surface area contributed by atoms with Crippen LogP contribution < -0.4 is 20.9 Å². The molecule has 0 bridgehead atoms. The first-order valence-corrected chi connectivity index (χ1v) is 13.9. The number of carboxylic acid groups (broad SMARTS) is 1. The number of carboxylic acids is 1. The summed E-state index contributed by atoms with van der Waals surface area (Å²) in [7, 11) is 0. The van der Waals surface area contributed by atoms with Crippen LogP contribution in [0.5, 0.6) is 11.6 Å². The van der Waals surface area contributed by atoms with Crippen molar-refractivity contribution >= 4 is 29.9 Å². The van der Waals surface area contributed by atoms with E-state index in [0.29, 0.717) is 43.9 Å². The summed E-state index contributed by atoms with van der Waals surface area (Å²) in [5.41, 5.74) is 14.1. The number of nitrogen functional groups attached to an aromatic ring is 1. The van der Waals surface area contributed by atoms with Gasteiger partial charge in [0.1, 0.15) is 11.8 Å². The molecule has 8 nitrogen and oxygen atoms in total. The van der Waals surface area contributed by atoms with Crippen LogP contribution in [-0.4, -0.2) is 39.9 Å². The van der Waals surface area contributed by atoms with Gasteiger partial charge in [-0.1, -0.05) is 48.5 Å². The predicted octanol–water partition coefficient (Wildman–Crippen LogP) is 6.60. The second-order valence-corrected chi connectivity index (χ2v) is 10.9. The molecular formula is C31H34ClF3N4O4. The Morgan fingerprint density at radius 2 is 1.77 bits per heavy atom. The minimum Gasteiger partial charge on any atom is -0.493 e. The van der Waals surface area contributed by atoms with E-state index < -0.39 is 24.3 Å². The molecular weight excluding hydrogens is 585 g/mol. The maximum absolute atomic E-state index is 14.5. The molecule has 0 aliphatic heterocycles. The van der Waals surface area contributed by atoms with Crippen LogP contribution in [-0.2, 0) is 4.79 Å². The van der Waals surface area contributed by atoms with Crippen molar-refractivity contribution < 1.29 is 32.5 Å². The van der Waals surface area contributed by atoms with E-state index in [0.717, 1.165) is 29.5 Å². The van der Waals surface area contributed by atoms with Gasteiger partial charge in [-0.2, -0.15) is 18.2 Å². The van der Waals surface area contributed by atoms with Crippen molar-refractivity contribution in [3.05, 3.63) is 71.9 Å². The molecule has 2 aliphatic carbocycles. The Bertz CT molecular complexity index is 1450. The molecule has 3 atom stereocenters. The molecule has 43 heavy (non-hydrogen) atoms. The molecule has 1 saturated carbocycles. The van der Waals surface area contributed by atoms with Crippen molar-refractivity contribution in [2.45, 2.75) is 56.8 Å². The van der Waals surface area contributed by atoms with Crippen LogP contribution in [0.1, 0.15) is 55.9 Å². The first kappa shape index (κ1) is 32.1. The van der Waals surface area contributed by atoms with Gasteiger partial charge in [0.2, 0.25) is 17.9 Å². The number of carbonyl (C=O) groups is 1. The van der Waals surface area contributed by atoms with Crippen LogP contribution in [0.2, 0.25) is 0 Å². The molecule has 2 aromatic carbocycles. The van der Waals surface area contributed by atoms with E-state index in [1.165, 1.54) is 12.1 Å². The second-order valence-electron chi connectivity index (χ2n) is 10.9. The number of benzene rings is 2. The van der Waals surface area contributed by atoms with Crippen molar-refractivity contribution in [1.29, 1.82) is 0 Å². The molecule has 12 heteroatoms. The third kappa shape index (κ3) is 8.39. The minimum absolute atomic E-state index is 0. The number of aromatic nitrogens is 2. The van der Waals surface area contributed by atoms with Crippen molar-refractivity contribution in [2.75, 3.05) is 12.3 Å². The zero-order chi connectivity index (χ0) is 29.9. The molecule has 0 amide bonds. The van der Waals surface area contributed by atoms with Gasteiger partial charge in [0.25, 0.3) is 0 Å². The molecule has 1 fully saturated rings. The van der Waals surface area contributed by atoms with E-state index in [1.807, 2.05) is 36.4 Å². The topological polar surface area (TPSA) is 134 Å². The van der Waals surface area contributed by atoms with Crippen molar-refractivity contribution in [3.63, 3.8) is 0 Å². The number of alkyl halides is 3. The van der Waals surface area contributed by atoms with Crippen molar-refractivity contribution in [1.82, 2.24) is 9.97 Å². The van der Waals surface area contributed by atoms with Gasteiger partial charge in [0.05, 0.1) is 12.3 Å². The molecule has 230 valence electrons. The standard InChI is InChI=1S/C31H33F3N4O4.ClH/c32-31(33,34)28(23-13-12-22(20-4-2-1-3-5-20)15-26(23)41-17-19-6-7-19)42-27-16-25(37-30(36)38-27)21-10-8-18(9-11-21)14-24(35)29(39)40;/h1-5,10,12-13,15-16,18-19,24,28H,6-9,11,14,17,35H2,(H,39,40)(H2,36,37,38);1H/t18?,24-,28+;/m0./s1. The van der Waals surface area contributed by atoms with E-state index in [1.54, 1.807) is 12.1 Å². The van der Waals surface area contributed by atoms with Crippen LogP contribution in [0.25, 0.3) is 16.7 Å². The Kier molecular flexibility index (Phi) is 10.2. The zero-order valence-electron chi connectivity index (χ0n) is 23.3. The summed E-state index contributed by atoms with van der Waals surface area (Å²) in [4.78, 5) is 19.3. The van der Waals surface area contributed by atoms with Gasteiger partial charge < -0.3 is 26.0 Å². The molecule has 5 N–H and O–H groups in total. The number of halogens is 4. The lowest BCUT2D eigenvalue weighted by atomic mass is 9.84. The fourth-order valence-electron chi connectivity index (χ4n) is 5.07. The monoisotopic (exact) mass is 618 g/mol. The fourth-order valence-corrected chi connectivity index (χ4v) is 5.07. The zero-order valence-corrected chi connectivity index (χ0v) is 24.1. The highest BCUT2D eigenvalue weighted by molar-refractivity contribution is 5.85. The molecule has 1 unspecified atom stereocenters. The van der Waals surface area contributed by atoms with Gasteiger partial charge in [-0.15, -0.1) is 12.4 Å². The molecule has 1 heterocycles. The lowest BCUT2D eigenvalue weighted by Gasteiger charge is -2.25. The number of anilines is 1. The third-order valence-electron chi connectivity index (χ3n) is 7.58. The van der Waals surface area contributed by atoms with Gasteiger partial charge in [-0.05, 0) is 73.1 Å². The number of rotatable bonds is 11. The second kappa shape index (κ2) is 13.6. The summed E-state index contributed by atoms with van der Waals surface area (Å²) < 4.78 is 55.1. The van der Waals surface area contributed by atoms with Crippen LogP contribution in [0.3, 0.4) is 0 Å². The maximum atomic E-state index is 14.5. The van der Waals surface area contributed by atoms with Crippen LogP contribution in [0.4, 0.5) is 19.1 Å². The highest BCUT2D eigenvalue weighted by Gasteiger charge is 2.45. The SMILES string of the molecule is Cl.Nc1nc(O[C@H](c2ccc(-c3ccccc3)cc2OCC2CC2)C(F)(F)F)cc(C2=CCC(C[C@H](N)C(=O)O)CC2)n1. The summed E-state index contributed by atoms with van der Waals surface area (Å²) in [6.45, 7) is 0.326. The number of aliphatic carboxylic acids is 1. The predicted molar refractivity (Wildman–Crippen MR) is 159 cm³/mol. The summed E-state index contributed by atoms with van der Waals surface area (Å²) in [5.74, 6) is -1.06. The number of ether oxygens (including phenoxy) is 2. The Balaban J connectivity index is 0.00000423. The smallest absolute Gasteiger partial charge is 0.429 e. The van der Waals surface area contributed by atoms with E-state index in [-0.39, 0.29) is 41.5 Å². The average molecular weight is 619 g/mol. The molecule has 1 aromatic heterocycles. The average Bonchev–Trinajstić information content (AvgIpc) is 3.79. The number of hydrogen-bond acceptors (Lipinski definition) is 7. The van der Waals surface area contributed by atoms with Gasteiger partial charge in [-0.25, -0.2) is 4.98 Å². The summed E-state index contributed by atoms with van der Waals surface area (Å²) in [5, 5.41) is 9.08. The number of nitrogens with zero attached hydrogens (tertiary/aromatic N) is 2. The van der Waals surface area contributed by atoms with Crippen molar-refractivity contribution in [3.8, 4) is 22.8 Å². The summed E-state index contributed by atoms with van der Waals surface area (Å²) in [6.07, 6.45) is -1.19. The molecule has 3 aromatic rings. The highest BCUT2D eigenvalue weighted by Crippen LogP contribution is 2.43. The Hall–Kier alpha value is -3.83. The summed E-state index contributed by atoms with van der Waals surface area (Å²) in [6, 6.07) is 14.4. The number of allylic oxidation sites excluding steroid dienone is 2. The molecule has 2 aliphatic rings. The van der Waals surface area contributed by atoms with Gasteiger partial charge >= 0.3 is 12.1 Å². The van der Waals surface area contributed by atoms with E-state index in [9.17, 15) is 18.0 Å². The van der Waals surface area contributed by atoms with Gasteiger partial charge in [0, 0.05) is 11.6 Å². The van der Waals surface area contributed by atoms with Crippen molar-refractivity contribution in [2.24, 2.45) is 17.6 Å². The number of hydrogen-bond donors (Lipinski definition) is 3. The largest absolute Gasteiger partial charge is 0.493 e. The quantitative estimate of drug-likeness (QED) is 0.219. The molecule has 5 rings (SSSR count). The molecule has 0 radical (unpaired) electrons. The highest BCUT2D eigenvalue weighted by atomic mass is 35.5. The molecule has 0 saturated heterocycles. The van der Waals surface area contributed by atoms with Crippen LogP contribution in [0, 0.1) is 11.8 Å². The molecule has 0 spiro atoms. The lowest BCUT2D eigenvalue weighted by molar-refractivity contribution is -0.199. The maximum Gasteiger partial charge on any atom is 0.429 e.